The molecule has 37 heavy (non-hydrogen) atoms. The smallest absolute Gasteiger partial charge is 0.307 e. The Morgan fingerprint density at radius 3 is 2.65 bits per heavy atom. The van der Waals surface area contributed by atoms with Crippen molar-refractivity contribution in [3.8, 4) is 0 Å². The number of H-pyrrole nitrogens is 1. The van der Waals surface area contributed by atoms with E-state index in [-0.39, 0.29) is 47.4 Å². The van der Waals surface area contributed by atoms with Crippen LogP contribution in [0.4, 0.5) is 11.4 Å². The molecule has 4 N–H and O–H groups in total. The Balaban J connectivity index is 1.53. The molecule has 1 fully saturated rings. The number of ether oxygens (including phenoxy) is 1. The van der Waals surface area contributed by atoms with E-state index in [1.807, 2.05) is 0 Å². The van der Waals surface area contributed by atoms with E-state index >= 15 is 0 Å². The van der Waals surface area contributed by atoms with Crippen LogP contribution < -0.4 is 16.6 Å². The lowest BCUT2D eigenvalue weighted by atomic mass is 9.95. The summed E-state index contributed by atoms with van der Waals surface area (Å²) in [6, 6.07) is 6.76. The summed E-state index contributed by atoms with van der Waals surface area (Å²) in [5, 5.41) is 3.45. The third kappa shape index (κ3) is 6.40. The standard InChI is InChI=1S/C26H35N5O5S/c1-26(2,3)36-22(32)12-14-31-16-17-15-19(9-10-21(17)37(31,34)35)30-24(27)23-20(11-13-28-25(23)33)29-18-7-5-4-6-8-18/h9-11,13,15,18H,4-8,12,14,16H2,1-3H3,(H2,27,30)(H2,28,29,33). The Morgan fingerprint density at radius 2 is 1.95 bits per heavy atom. The molecule has 4 rings (SSSR count). The molecule has 1 aliphatic heterocycles. The van der Waals surface area contributed by atoms with Crippen molar-refractivity contribution < 1.29 is 17.9 Å². The molecule has 1 saturated carbocycles. The largest absolute Gasteiger partial charge is 0.460 e. The molecule has 2 aliphatic rings. The van der Waals surface area contributed by atoms with Crippen LogP contribution in [0.15, 0.2) is 45.1 Å². The molecule has 0 spiro atoms. The van der Waals surface area contributed by atoms with Crippen molar-refractivity contribution in [2.75, 3.05) is 11.9 Å². The van der Waals surface area contributed by atoms with Gasteiger partial charge in [0.1, 0.15) is 17.0 Å². The van der Waals surface area contributed by atoms with Crippen LogP contribution >= 0.6 is 0 Å². The van der Waals surface area contributed by atoms with Gasteiger partial charge >= 0.3 is 5.97 Å². The monoisotopic (exact) mass is 529 g/mol. The van der Waals surface area contributed by atoms with Crippen molar-refractivity contribution in [2.45, 2.75) is 82.4 Å². The molecular formula is C26H35N5O5S. The van der Waals surface area contributed by atoms with E-state index in [0.717, 1.165) is 25.7 Å². The third-order valence-corrected chi connectivity index (χ3v) is 8.37. The van der Waals surface area contributed by atoms with E-state index in [4.69, 9.17) is 10.5 Å². The number of aromatic amines is 1. The summed E-state index contributed by atoms with van der Waals surface area (Å²) in [6.45, 7) is 5.42. The minimum absolute atomic E-state index is 0.0161. The zero-order valence-corrected chi connectivity index (χ0v) is 22.4. The number of aliphatic imine (C=N–C) groups is 1. The lowest BCUT2D eigenvalue weighted by molar-refractivity contribution is -0.154. The second-order valence-corrected chi connectivity index (χ2v) is 12.4. The number of pyridine rings is 1. The molecule has 0 saturated heterocycles. The lowest BCUT2D eigenvalue weighted by Gasteiger charge is -2.24. The third-order valence-electron chi connectivity index (χ3n) is 6.43. The molecule has 0 unspecified atom stereocenters. The van der Waals surface area contributed by atoms with Gasteiger partial charge in [0.05, 0.1) is 22.7 Å². The van der Waals surface area contributed by atoms with Crippen LogP contribution in [0, 0.1) is 0 Å². The number of benzene rings is 1. The molecule has 0 atom stereocenters. The number of carbonyl (C=O) groups excluding carboxylic acids is 1. The molecule has 0 bridgehead atoms. The second kappa shape index (κ2) is 10.7. The Morgan fingerprint density at radius 1 is 1.22 bits per heavy atom. The normalized spacial score (nSPS) is 18.4. The fourth-order valence-corrected chi connectivity index (χ4v) is 6.36. The van der Waals surface area contributed by atoms with Gasteiger partial charge in [0.25, 0.3) is 5.56 Å². The van der Waals surface area contributed by atoms with Crippen molar-refractivity contribution in [1.82, 2.24) is 9.29 Å². The van der Waals surface area contributed by atoms with Crippen LogP contribution in [-0.2, 0) is 26.1 Å². The number of sulfonamides is 1. The molecule has 2 heterocycles. The summed E-state index contributed by atoms with van der Waals surface area (Å²) in [4.78, 5) is 32.0. The predicted molar refractivity (Wildman–Crippen MR) is 142 cm³/mol. The Hall–Kier alpha value is -3.18. The molecule has 1 aromatic heterocycles. The molecule has 2 aromatic rings. The first-order valence-electron chi connectivity index (χ1n) is 12.6. The van der Waals surface area contributed by atoms with Crippen LogP contribution in [0.2, 0.25) is 0 Å². The highest BCUT2D eigenvalue weighted by Crippen LogP contribution is 2.33. The van der Waals surface area contributed by atoms with E-state index in [0.29, 0.717) is 16.9 Å². The highest BCUT2D eigenvalue weighted by atomic mass is 32.2. The van der Waals surface area contributed by atoms with Gasteiger partial charge in [-0.25, -0.2) is 13.4 Å². The minimum atomic E-state index is -3.73. The Bertz CT molecular complexity index is 1350. The van der Waals surface area contributed by atoms with Crippen LogP contribution in [-0.4, -0.2) is 47.7 Å². The average molecular weight is 530 g/mol. The summed E-state index contributed by atoms with van der Waals surface area (Å²) < 4.78 is 32.5. The van der Waals surface area contributed by atoms with E-state index in [9.17, 15) is 18.0 Å². The number of esters is 1. The number of nitrogens with zero attached hydrogens (tertiary/aromatic N) is 2. The molecule has 1 aliphatic carbocycles. The number of amidine groups is 1. The van der Waals surface area contributed by atoms with Crippen molar-refractivity contribution in [2.24, 2.45) is 10.7 Å². The number of anilines is 1. The van der Waals surface area contributed by atoms with Crippen molar-refractivity contribution in [3.05, 3.63) is 51.9 Å². The Kier molecular flexibility index (Phi) is 7.75. The number of nitrogens with one attached hydrogen (secondary N) is 2. The number of rotatable bonds is 7. The van der Waals surface area contributed by atoms with Gasteiger partial charge in [-0.1, -0.05) is 19.3 Å². The molecule has 11 heteroatoms. The van der Waals surface area contributed by atoms with Crippen LogP contribution in [0.5, 0.6) is 0 Å². The van der Waals surface area contributed by atoms with Gasteiger partial charge in [-0.3, -0.25) is 9.59 Å². The highest BCUT2D eigenvalue weighted by molar-refractivity contribution is 7.89. The fraction of sp³-hybridized carbons (Fsp3) is 0.500. The van der Waals surface area contributed by atoms with Crippen molar-refractivity contribution in [3.63, 3.8) is 0 Å². The average Bonchev–Trinajstić information content (AvgIpc) is 3.06. The van der Waals surface area contributed by atoms with Gasteiger partial charge in [0.15, 0.2) is 0 Å². The van der Waals surface area contributed by atoms with Gasteiger partial charge in [-0.15, -0.1) is 0 Å². The second-order valence-electron chi connectivity index (χ2n) is 10.5. The SMILES string of the molecule is CC(C)(C)OC(=O)CCN1Cc2cc(N=C(N)c3c(NC4CCCCC4)cc[nH]c3=O)ccc2S1(=O)=O. The molecular weight excluding hydrogens is 494 g/mol. The van der Waals surface area contributed by atoms with E-state index in [1.54, 1.807) is 45.2 Å². The first-order chi connectivity index (χ1) is 17.4. The van der Waals surface area contributed by atoms with Gasteiger partial charge in [-0.05, 0) is 63.4 Å². The quantitative estimate of drug-likeness (QED) is 0.283. The molecule has 0 amide bonds. The highest BCUT2D eigenvalue weighted by Gasteiger charge is 2.35. The summed E-state index contributed by atoms with van der Waals surface area (Å²) in [5.41, 5.74) is 7.21. The molecule has 0 radical (unpaired) electrons. The zero-order chi connectivity index (χ0) is 26.8. The summed E-state index contributed by atoms with van der Waals surface area (Å²) in [5.74, 6) is -0.412. The van der Waals surface area contributed by atoms with Crippen LogP contribution in [0.1, 0.15) is 70.4 Å². The van der Waals surface area contributed by atoms with Gasteiger partial charge in [0.2, 0.25) is 10.0 Å². The van der Waals surface area contributed by atoms with Crippen molar-refractivity contribution in [1.29, 1.82) is 0 Å². The van der Waals surface area contributed by atoms with E-state index in [1.165, 1.54) is 16.8 Å². The fourth-order valence-electron chi connectivity index (χ4n) is 4.75. The van der Waals surface area contributed by atoms with Crippen LogP contribution in [0.25, 0.3) is 0 Å². The number of hydrogen-bond acceptors (Lipinski definition) is 7. The van der Waals surface area contributed by atoms with Crippen LogP contribution in [0.3, 0.4) is 0 Å². The van der Waals surface area contributed by atoms with Gasteiger partial charge in [0, 0.05) is 25.3 Å². The predicted octanol–water partition coefficient (Wildman–Crippen LogP) is 3.39. The first-order valence-corrected chi connectivity index (χ1v) is 14.1. The number of carbonyl (C=O) groups is 1. The molecule has 1 aromatic carbocycles. The summed E-state index contributed by atoms with van der Waals surface area (Å²) >= 11 is 0. The molecule has 10 nitrogen and oxygen atoms in total. The summed E-state index contributed by atoms with van der Waals surface area (Å²) in [6.07, 6.45) is 7.11. The van der Waals surface area contributed by atoms with Crippen molar-refractivity contribution >= 4 is 33.2 Å². The minimum Gasteiger partial charge on any atom is -0.460 e. The maximum atomic E-state index is 13.0. The number of hydrogen-bond donors (Lipinski definition) is 3. The number of aromatic nitrogens is 1. The molecule has 200 valence electrons. The topological polar surface area (TPSA) is 147 Å². The van der Waals surface area contributed by atoms with Gasteiger partial charge in [-0.2, -0.15) is 4.31 Å². The Labute approximate surface area is 217 Å². The lowest BCUT2D eigenvalue weighted by Crippen LogP contribution is -2.30. The number of fused-ring (bicyclic) bond motifs is 1. The van der Waals surface area contributed by atoms with E-state index < -0.39 is 21.6 Å². The van der Waals surface area contributed by atoms with E-state index in [2.05, 4.69) is 15.3 Å². The maximum Gasteiger partial charge on any atom is 0.307 e. The first kappa shape index (κ1) is 26.9. The number of nitrogens with two attached hydrogens (primary N) is 1. The summed E-state index contributed by atoms with van der Waals surface area (Å²) in [7, 11) is -3.73. The zero-order valence-electron chi connectivity index (χ0n) is 21.5. The van der Waals surface area contributed by atoms with Gasteiger partial charge < -0.3 is 20.8 Å². The maximum absolute atomic E-state index is 13.0.